The lowest BCUT2D eigenvalue weighted by Crippen LogP contribution is -2.03. The van der Waals surface area contributed by atoms with Gasteiger partial charge in [-0.1, -0.05) is 0 Å². The maximum Gasteiger partial charge on any atom is 0.303 e. The Morgan fingerprint density at radius 2 is 2.28 bits per heavy atom. The van der Waals surface area contributed by atoms with Gasteiger partial charge in [0, 0.05) is 25.6 Å². The second-order valence-corrected chi connectivity index (χ2v) is 4.22. The van der Waals surface area contributed by atoms with Crippen molar-refractivity contribution < 1.29 is 9.90 Å². The first kappa shape index (κ1) is 12.5. The summed E-state index contributed by atoms with van der Waals surface area (Å²) in [6.45, 7) is 2.90. The van der Waals surface area contributed by atoms with Crippen LogP contribution in [0.4, 0.5) is 0 Å². The lowest BCUT2D eigenvalue weighted by molar-refractivity contribution is -0.137. The third kappa shape index (κ3) is 2.67. The summed E-state index contributed by atoms with van der Waals surface area (Å²) in [5.41, 5.74) is 1.82. The summed E-state index contributed by atoms with van der Waals surface area (Å²) >= 11 is 0. The standard InChI is InChI=1S/C13H17N3O2/c1-2-16-11(7-3-4-8-12(17)18)15-10-6-5-9-14-13(10)16/h5-6,9H,2-4,7-8H2,1H3,(H,17,18). The summed E-state index contributed by atoms with van der Waals surface area (Å²) in [5, 5.41) is 8.59. The maximum atomic E-state index is 10.4. The fourth-order valence-corrected chi connectivity index (χ4v) is 2.09. The Labute approximate surface area is 105 Å². The number of imidazole rings is 1. The van der Waals surface area contributed by atoms with Gasteiger partial charge in [-0.25, -0.2) is 9.97 Å². The van der Waals surface area contributed by atoms with Crippen LogP contribution < -0.4 is 0 Å². The Balaban J connectivity index is 2.10. The molecule has 0 unspecified atom stereocenters. The lowest BCUT2D eigenvalue weighted by atomic mass is 10.2. The van der Waals surface area contributed by atoms with Gasteiger partial charge < -0.3 is 9.67 Å². The second-order valence-electron chi connectivity index (χ2n) is 4.22. The highest BCUT2D eigenvalue weighted by atomic mass is 16.4. The van der Waals surface area contributed by atoms with Crippen LogP contribution in [0.25, 0.3) is 11.2 Å². The van der Waals surface area contributed by atoms with E-state index in [4.69, 9.17) is 5.11 Å². The van der Waals surface area contributed by atoms with E-state index < -0.39 is 5.97 Å². The van der Waals surface area contributed by atoms with Crippen LogP contribution in [-0.4, -0.2) is 25.6 Å². The molecular weight excluding hydrogens is 230 g/mol. The number of carboxylic acid groups (broad SMARTS) is 1. The van der Waals surface area contributed by atoms with Crippen molar-refractivity contribution >= 4 is 17.1 Å². The van der Waals surface area contributed by atoms with Gasteiger partial charge in [0.1, 0.15) is 11.3 Å². The van der Waals surface area contributed by atoms with Crippen molar-refractivity contribution in [1.82, 2.24) is 14.5 Å². The highest BCUT2D eigenvalue weighted by Gasteiger charge is 2.09. The molecule has 1 N–H and O–H groups in total. The molecule has 96 valence electrons. The van der Waals surface area contributed by atoms with Gasteiger partial charge in [-0.05, 0) is 31.9 Å². The molecule has 0 radical (unpaired) electrons. The van der Waals surface area contributed by atoms with E-state index in [2.05, 4.69) is 21.5 Å². The summed E-state index contributed by atoms with van der Waals surface area (Å²) in [6.07, 6.45) is 4.33. The number of fused-ring (bicyclic) bond motifs is 1. The Morgan fingerprint density at radius 3 is 3.00 bits per heavy atom. The Kier molecular flexibility index (Phi) is 3.92. The summed E-state index contributed by atoms with van der Waals surface area (Å²) in [5.74, 6) is 0.261. The van der Waals surface area contributed by atoms with Crippen molar-refractivity contribution in [1.29, 1.82) is 0 Å². The number of carbonyl (C=O) groups is 1. The molecule has 0 aliphatic carbocycles. The predicted molar refractivity (Wildman–Crippen MR) is 68.4 cm³/mol. The van der Waals surface area contributed by atoms with Crippen LogP contribution in [0.2, 0.25) is 0 Å². The van der Waals surface area contributed by atoms with Crippen molar-refractivity contribution in [3.05, 3.63) is 24.2 Å². The number of aryl methyl sites for hydroxylation is 2. The average Bonchev–Trinajstić information content (AvgIpc) is 2.71. The molecule has 2 aromatic heterocycles. The Bertz CT molecular complexity index is 548. The highest BCUT2D eigenvalue weighted by Crippen LogP contribution is 2.15. The number of aromatic nitrogens is 3. The largest absolute Gasteiger partial charge is 0.481 e. The van der Waals surface area contributed by atoms with Gasteiger partial charge >= 0.3 is 5.97 Å². The first-order valence-electron chi connectivity index (χ1n) is 6.24. The van der Waals surface area contributed by atoms with Crippen LogP contribution in [0.3, 0.4) is 0 Å². The maximum absolute atomic E-state index is 10.4. The van der Waals surface area contributed by atoms with Crippen molar-refractivity contribution in [3.8, 4) is 0 Å². The SMILES string of the molecule is CCn1c(CCCCC(=O)O)nc2cccnc21. The number of hydrogen-bond donors (Lipinski definition) is 1. The van der Waals surface area contributed by atoms with Crippen LogP contribution in [0, 0.1) is 0 Å². The third-order valence-electron chi connectivity index (χ3n) is 2.94. The number of carboxylic acids is 1. The van der Waals surface area contributed by atoms with Crippen LogP contribution in [0.15, 0.2) is 18.3 Å². The van der Waals surface area contributed by atoms with Crippen LogP contribution in [0.5, 0.6) is 0 Å². The molecule has 2 rings (SSSR count). The molecule has 18 heavy (non-hydrogen) atoms. The monoisotopic (exact) mass is 247 g/mol. The minimum absolute atomic E-state index is 0.227. The average molecular weight is 247 g/mol. The molecule has 2 heterocycles. The number of hydrogen-bond acceptors (Lipinski definition) is 3. The number of aliphatic carboxylic acids is 1. The summed E-state index contributed by atoms with van der Waals surface area (Å²) in [7, 11) is 0. The number of pyridine rings is 1. The minimum Gasteiger partial charge on any atom is -0.481 e. The molecular formula is C13H17N3O2. The molecule has 0 saturated carbocycles. The Morgan fingerprint density at radius 1 is 1.44 bits per heavy atom. The third-order valence-corrected chi connectivity index (χ3v) is 2.94. The number of nitrogens with zero attached hydrogens (tertiary/aromatic N) is 3. The van der Waals surface area contributed by atoms with Crippen LogP contribution in [-0.2, 0) is 17.8 Å². The summed E-state index contributed by atoms with van der Waals surface area (Å²) in [4.78, 5) is 19.3. The van der Waals surface area contributed by atoms with Gasteiger partial charge in [0.25, 0.3) is 0 Å². The molecule has 0 fully saturated rings. The number of unbranched alkanes of at least 4 members (excludes halogenated alkanes) is 1. The van der Waals surface area contributed by atoms with E-state index in [1.165, 1.54) is 0 Å². The molecule has 0 spiro atoms. The molecule has 0 aromatic carbocycles. The van der Waals surface area contributed by atoms with E-state index in [0.717, 1.165) is 36.4 Å². The van der Waals surface area contributed by atoms with Crippen molar-refractivity contribution in [2.24, 2.45) is 0 Å². The number of rotatable bonds is 6. The van der Waals surface area contributed by atoms with Crippen LogP contribution in [0.1, 0.15) is 32.0 Å². The molecule has 0 saturated heterocycles. The van der Waals surface area contributed by atoms with E-state index in [-0.39, 0.29) is 6.42 Å². The first-order valence-corrected chi connectivity index (χ1v) is 6.24. The van der Waals surface area contributed by atoms with Gasteiger partial charge in [-0.2, -0.15) is 0 Å². The Hall–Kier alpha value is -1.91. The van der Waals surface area contributed by atoms with Crippen molar-refractivity contribution in [2.75, 3.05) is 0 Å². The molecule has 0 amide bonds. The lowest BCUT2D eigenvalue weighted by Gasteiger charge is -2.04. The quantitative estimate of drug-likeness (QED) is 0.795. The van der Waals surface area contributed by atoms with Gasteiger partial charge in [0.05, 0.1) is 0 Å². The van der Waals surface area contributed by atoms with Crippen molar-refractivity contribution in [3.63, 3.8) is 0 Å². The first-order chi connectivity index (χ1) is 8.72. The predicted octanol–water partition coefficient (Wildman–Crippen LogP) is 2.25. The van der Waals surface area contributed by atoms with Gasteiger partial charge in [0.2, 0.25) is 0 Å². The molecule has 5 nitrogen and oxygen atoms in total. The normalized spacial score (nSPS) is 10.9. The van der Waals surface area contributed by atoms with Gasteiger partial charge in [-0.15, -0.1) is 0 Å². The molecule has 0 atom stereocenters. The minimum atomic E-state index is -0.735. The second kappa shape index (κ2) is 5.62. The molecule has 2 aromatic rings. The summed E-state index contributed by atoms with van der Waals surface area (Å²) < 4.78 is 2.09. The molecule has 5 heteroatoms. The van der Waals surface area contributed by atoms with Crippen molar-refractivity contribution in [2.45, 2.75) is 39.2 Å². The molecule has 0 bridgehead atoms. The van der Waals surface area contributed by atoms with Gasteiger partial charge in [-0.3, -0.25) is 4.79 Å². The highest BCUT2D eigenvalue weighted by molar-refractivity contribution is 5.71. The zero-order chi connectivity index (χ0) is 13.0. The van der Waals surface area contributed by atoms with Gasteiger partial charge in [0.15, 0.2) is 5.65 Å². The van der Waals surface area contributed by atoms with E-state index >= 15 is 0 Å². The molecule has 0 aliphatic heterocycles. The fourth-order valence-electron chi connectivity index (χ4n) is 2.09. The fraction of sp³-hybridized carbons (Fsp3) is 0.462. The topological polar surface area (TPSA) is 68.0 Å². The van der Waals surface area contributed by atoms with E-state index in [1.54, 1.807) is 6.20 Å². The van der Waals surface area contributed by atoms with E-state index in [0.29, 0.717) is 6.42 Å². The summed E-state index contributed by atoms with van der Waals surface area (Å²) in [6, 6.07) is 3.83. The van der Waals surface area contributed by atoms with E-state index in [9.17, 15) is 4.79 Å². The van der Waals surface area contributed by atoms with Crippen LogP contribution >= 0.6 is 0 Å². The molecule has 0 aliphatic rings. The van der Waals surface area contributed by atoms with E-state index in [1.807, 2.05) is 12.1 Å². The smallest absolute Gasteiger partial charge is 0.303 e. The zero-order valence-corrected chi connectivity index (χ0v) is 10.5. The zero-order valence-electron chi connectivity index (χ0n) is 10.5.